The average Bonchev–Trinajstić information content (AvgIpc) is 2.58. The molecule has 0 saturated heterocycles. The van der Waals surface area contributed by atoms with Crippen LogP contribution in [0.2, 0.25) is 5.02 Å². The quantitative estimate of drug-likeness (QED) is 0.782. The maximum atomic E-state index is 10.8. The first-order chi connectivity index (χ1) is 7.00. The number of aromatic nitrogens is 2. The van der Waals surface area contributed by atoms with Crippen LogP contribution in [0.25, 0.3) is 11.0 Å². The van der Waals surface area contributed by atoms with E-state index in [0.29, 0.717) is 16.4 Å². The van der Waals surface area contributed by atoms with Gasteiger partial charge in [-0.3, -0.25) is 0 Å². The van der Waals surface area contributed by atoms with Gasteiger partial charge in [-0.25, -0.2) is 9.78 Å². The number of nitrogens with zero attached hydrogens (tertiary/aromatic N) is 1. The lowest BCUT2D eigenvalue weighted by molar-refractivity contribution is 0.0691. The van der Waals surface area contributed by atoms with Crippen molar-refractivity contribution in [3.8, 4) is 0 Å². The van der Waals surface area contributed by atoms with Gasteiger partial charge in [0.05, 0.1) is 10.7 Å². The number of fused-ring (bicyclic) bond motifs is 1. The summed E-state index contributed by atoms with van der Waals surface area (Å²) in [5.74, 6) is -0.999. The Morgan fingerprint density at radius 2 is 2.20 bits per heavy atom. The number of aromatic carboxylic acids is 1. The lowest BCUT2D eigenvalue weighted by atomic mass is 10.2. The van der Waals surface area contributed by atoms with Gasteiger partial charge >= 0.3 is 5.97 Å². The van der Waals surface area contributed by atoms with E-state index in [2.05, 4.69) is 9.97 Å². The number of carbonyl (C=O) groups is 1. The van der Waals surface area contributed by atoms with Gasteiger partial charge in [-0.05, 0) is 25.5 Å². The zero-order valence-electron chi connectivity index (χ0n) is 8.26. The summed E-state index contributed by atoms with van der Waals surface area (Å²) in [6.45, 7) is 3.63. The molecule has 0 bridgehead atoms. The molecule has 2 aromatic heterocycles. The molecule has 0 saturated carbocycles. The van der Waals surface area contributed by atoms with Crippen molar-refractivity contribution in [3.05, 3.63) is 28.0 Å². The van der Waals surface area contributed by atoms with Crippen LogP contribution < -0.4 is 0 Å². The van der Waals surface area contributed by atoms with Crippen molar-refractivity contribution in [3.63, 3.8) is 0 Å². The monoisotopic (exact) mass is 224 g/mol. The fourth-order valence-electron chi connectivity index (χ4n) is 1.54. The van der Waals surface area contributed by atoms with Gasteiger partial charge in [0, 0.05) is 5.39 Å². The van der Waals surface area contributed by atoms with E-state index >= 15 is 0 Å². The Labute approximate surface area is 90.9 Å². The standard InChI is InChI=1S/C10H9ClN2O2/c1-4-6-3-7(10(14)15)13-9(6)12-5(2)8(4)11/h3H,1-2H3,(H,12,13)(H,14,15). The topological polar surface area (TPSA) is 66.0 Å². The first-order valence-electron chi connectivity index (χ1n) is 4.39. The van der Waals surface area contributed by atoms with Crippen molar-refractivity contribution < 1.29 is 9.90 Å². The molecule has 0 radical (unpaired) electrons. The van der Waals surface area contributed by atoms with Gasteiger partial charge in [-0.15, -0.1) is 0 Å². The summed E-state index contributed by atoms with van der Waals surface area (Å²) in [7, 11) is 0. The van der Waals surface area contributed by atoms with E-state index in [1.165, 1.54) is 0 Å². The normalized spacial score (nSPS) is 10.9. The molecule has 0 amide bonds. The molecule has 2 rings (SSSR count). The van der Waals surface area contributed by atoms with Crippen LogP contribution >= 0.6 is 11.6 Å². The molecular formula is C10H9ClN2O2. The van der Waals surface area contributed by atoms with E-state index in [-0.39, 0.29) is 5.69 Å². The molecule has 15 heavy (non-hydrogen) atoms. The second-order valence-corrected chi connectivity index (χ2v) is 3.76. The van der Waals surface area contributed by atoms with Crippen LogP contribution in [0.5, 0.6) is 0 Å². The van der Waals surface area contributed by atoms with Crippen molar-refractivity contribution in [1.29, 1.82) is 0 Å². The number of carboxylic acid groups (broad SMARTS) is 1. The van der Waals surface area contributed by atoms with Gasteiger partial charge in [-0.1, -0.05) is 11.6 Å². The Bertz CT molecular complexity index is 560. The maximum Gasteiger partial charge on any atom is 0.352 e. The Morgan fingerprint density at radius 3 is 2.80 bits per heavy atom. The van der Waals surface area contributed by atoms with E-state index in [1.807, 2.05) is 6.92 Å². The fourth-order valence-corrected chi connectivity index (χ4v) is 1.68. The minimum Gasteiger partial charge on any atom is -0.477 e. The van der Waals surface area contributed by atoms with E-state index in [0.717, 1.165) is 10.9 Å². The average molecular weight is 225 g/mol. The predicted molar refractivity (Wildman–Crippen MR) is 57.5 cm³/mol. The smallest absolute Gasteiger partial charge is 0.352 e. The van der Waals surface area contributed by atoms with Gasteiger partial charge in [0.15, 0.2) is 0 Å². The third kappa shape index (κ3) is 1.47. The number of halogens is 1. The molecule has 78 valence electrons. The maximum absolute atomic E-state index is 10.8. The molecule has 2 heterocycles. The summed E-state index contributed by atoms with van der Waals surface area (Å²) in [4.78, 5) is 17.7. The van der Waals surface area contributed by atoms with E-state index in [4.69, 9.17) is 16.7 Å². The van der Waals surface area contributed by atoms with Gasteiger partial charge in [-0.2, -0.15) is 0 Å². The molecule has 0 aliphatic rings. The number of aryl methyl sites for hydroxylation is 2. The molecule has 4 nitrogen and oxygen atoms in total. The Balaban J connectivity index is 2.82. The van der Waals surface area contributed by atoms with E-state index in [9.17, 15) is 4.79 Å². The number of carboxylic acids is 1. The van der Waals surface area contributed by atoms with E-state index < -0.39 is 5.97 Å². The zero-order valence-corrected chi connectivity index (χ0v) is 9.01. The number of H-pyrrole nitrogens is 1. The van der Waals surface area contributed by atoms with Crippen LogP contribution in [0.1, 0.15) is 21.7 Å². The zero-order chi connectivity index (χ0) is 11.2. The molecular weight excluding hydrogens is 216 g/mol. The van der Waals surface area contributed by atoms with Crippen LogP contribution in [-0.2, 0) is 0 Å². The van der Waals surface area contributed by atoms with Gasteiger partial charge in [0.1, 0.15) is 11.3 Å². The number of hydrogen-bond acceptors (Lipinski definition) is 2. The van der Waals surface area contributed by atoms with Crippen molar-refractivity contribution >= 4 is 28.6 Å². The lowest BCUT2D eigenvalue weighted by Crippen LogP contribution is -1.95. The van der Waals surface area contributed by atoms with Crippen molar-refractivity contribution in [1.82, 2.24) is 9.97 Å². The highest BCUT2D eigenvalue weighted by atomic mass is 35.5. The summed E-state index contributed by atoms with van der Waals surface area (Å²) in [6.07, 6.45) is 0. The van der Waals surface area contributed by atoms with Gasteiger partial charge in [0.25, 0.3) is 0 Å². The van der Waals surface area contributed by atoms with Crippen molar-refractivity contribution in [2.24, 2.45) is 0 Å². The Kier molecular flexibility index (Phi) is 2.16. The minimum atomic E-state index is -0.999. The second-order valence-electron chi connectivity index (χ2n) is 3.39. The van der Waals surface area contributed by atoms with Crippen molar-refractivity contribution in [2.75, 3.05) is 0 Å². The second kappa shape index (κ2) is 3.24. The first-order valence-corrected chi connectivity index (χ1v) is 4.77. The summed E-state index contributed by atoms with van der Waals surface area (Å²) >= 11 is 6.02. The number of aromatic amines is 1. The molecule has 2 aromatic rings. The molecule has 0 atom stereocenters. The summed E-state index contributed by atoms with van der Waals surface area (Å²) < 4.78 is 0. The predicted octanol–water partition coefficient (Wildman–Crippen LogP) is 2.53. The van der Waals surface area contributed by atoms with Gasteiger partial charge < -0.3 is 10.1 Å². The van der Waals surface area contributed by atoms with Crippen LogP contribution in [0, 0.1) is 13.8 Å². The molecule has 0 aliphatic carbocycles. The lowest BCUT2D eigenvalue weighted by Gasteiger charge is -2.01. The molecule has 2 N–H and O–H groups in total. The van der Waals surface area contributed by atoms with Crippen LogP contribution in [0.15, 0.2) is 6.07 Å². The Hall–Kier alpha value is -1.55. The number of hydrogen-bond donors (Lipinski definition) is 2. The summed E-state index contributed by atoms with van der Waals surface area (Å²) in [5.41, 5.74) is 2.23. The minimum absolute atomic E-state index is 0.127. The van der Waals surface area contributed by atoms with E-state index in [1.54, 1.807) is 13.0 Å². The SMILES string of the molecule is Cc1nc2[nH]c(C(=O)O)cc2c(C)c1Cl. The molecule has 0 aromatic carbocycles. The van der Waals surface area contributed by atoms with Crippen molar-refractivity contribution in [2.45, 2.75) is 13.8 Å². The summed E-state index contributed by atoms with van der Waals surface area (Å²) in [5, 5.41) is 10.2. The molecule has 5 heteroatoms. The van der Waals surface area contributed by atoms with Crippen LogP contribution in [-0.4, -0.2) is 21.0 Å². The highest BCUT2D eigenvalue weighted by Crippen LogP contribution is 2.26. The van der Waals surface area contributed by atoms with Crippen LogP contribution in [0.4, 0.5) is 0 Å². The number of pyridine rings is 1. The Morgan fingerprint density at radius 1 is 1.53 bits per heavy atom. The molecule has 0 unspecified atom stereocenters. The molecule has 0 spiro atoms. The molecule has 0 aliphatic heterocycles. The summed E-state index contributed by atoms with van der Waals surface area (Å²) in [6, 6.07) is 1.55. The highest BCUT2D eigenvalue weighted by molar-refractivity contribution is 6.32. The first kappa shape index (κ1) is 9.98. The van der Waals surface area contributed by atoms with Gasteiger partial charge in [0.2, 0.25) is 0 Å². The molecule has 0 fully saturated rings. The fraction of sp³-hybridized carbons (Fsp3) is 0.200. The highest BCUT2D eigenvalue weighted by Gasteiger charge is 2.13. The third-order valence-corrected chi connectivity index (χ3v) is 2.91. The third-order valence-electron chi connectivity index (χ3n) is 2.36. The largest absolute Gasteiger partial charge is 0.477 e. The van der Waals surface area contributed by atoms with Crippen LogP contribution in [0.3, 0.4) is 0 Å². The number of nitrogens with one attached hydrogen (secondary N) is 1. The number of rotatable bonds is 1.